The minimum atomic E-state index is -0.977. The molecule has 0 radical (unpaired) electrons. The van der Waals surface area contributed by atoms with E-state index < -0.39 is 5.97 Å². The molecule has 24 heavy (non-hydrogen) atoms. The van der Waals surface area contributed by atoms with Gasteiger partial charge in [0.25, 0.3) is 5.91 Å². The summed E-state index contributed by atoms with van der Waals surface area (Å²) in [5.41, 5.74) is 1.31. The Bertz CT molecular complexity index is 732. The fraction of sp³-hybridized carbons (Fsp3) is 0.353. The molecular weight excluding hydrogens is 312 g/mol. The number of oxazole rings is 1. The average Bonchev–Trinajstić information content (AvgIpc) is 3.25. The first kappa shape index (κ1) is 16.2. The van der Waals surface area contributed by atoms with Crippen LogP contribution in [0.15, 0.2) is 35.1 Å². The maximum Gasteiger partial charge on any atom is 0.335 e. The summed E-state index contributed by atoms with van der Waals surface area (Å²) in [6.45, 7) is 1.00. The van der Waals surface area contributed by atoms with Crippen LogP contribution in [0.2, 0.25) is 0 Å². The number of amides is 1. The molecule has 3 rings (SSSR count). The van der Waals surface area contributed by atoms with E-state index in [4.69, 9.17) is 14.3 Å². The van der Waals surface area contributed by atoms with Crippen molar-refractivity contribution in [2.45, 2.75) is 25.5 Å². The molecule has 2 heterocycles. The molecule has 1 N–H and O–H groups in total. The van der Waals surface area contributed by atoms with Gasteiger partial charge in [0.05, 0.1) is 5.56 Å². The molecule has 1 aromatic heterocycles. The molecule has 1 aliphatic rings. The molecule has 0 aliphatic carbocycles. The van der Waals surface area contributed by atoms with Crippen molar-refractivity contribution < 1.29 is 23.8 Å². The summed E-state index contributed by atoms with van der Waals surface area (Å²) in [6.07, 6.45) is 2.80. The van der Waals surface area contributed by atoms with Gasteiger partial charge in [0.1, 0.15) is 6.10 Å². The predicted octanol–water partition coefficient (Wildman–Crippen LogP) is 2.50. The van der Waals surface area contributed by atoms with Gasteiger partial charge < -0.3 is 19.2 Å². The zero-order chi connectivity index (χ0) is 17.1. The van der Waals surface area contributed by atoms with Crippen molar-refractivity contribution in [2.24, 2.45) is 0 Å². The van der Waals surface area contributed by atoms with Crippen LogP contribution in [-0.4, -0.2) is 40.5 Å². The van der Waals surface area contributed by atoms with Gasteiger partial charge >= 0.3 is 5.97 Å². The van der Waals surface area contributed by atoms with E-state index in [1.54, 1.807) is 19.2 Å². The van der Waals surface area contributed by atoms with E-state index >= 15 is 0 Å². The summed E-state index contributed by atoms with van der Waals surface area (Å²) in [7, 11) is 1.67. The molecule has 1 fully saturated rings. The fourth-order valence-corrected chi connectivity index (χ4v) is 2.71. The number of rotatable bonds is 5. The molecule has 1 aromatic carbocycles. The predicted molar refractivity (Wildman–Crippen MR) is 83.6 cm³/mol. The highest BCUT2D eigenvalue weighted by molar-refractivity contribution is 5.93. The first-order chi connectivity index (χ1) is 11.6. The van der Waals surface area contributed by atoms with Crippen molar-refractivity contribution in [1.29, 1.82) is 0 Å². The molecule has 126 valence electrons. The summed E-state index contributed by atoms with van der Waals surface area (Å²) in [5, 5.41) is 8.91. The second kappa shape index (κ2) is 6.84. The Balaban J connectivity index is 1.71. The molecule has 1 aliphatic heterocycles. The Morgan fingerprint density at radius 1 is 1.33 bits per heavy atom. The van der Waals surface area contributed by atoms with E-state index in [1.165, 1.54) is 23.4 Å². The largest absolute Gasteiger partial charge is 0.478 e. The van der Waals surface area contributed by atoms with Crippen LogP contribution < -0.4 is 0 Å². The highest BCUT2D eigenvalue weighted by Crippen LogP contribution is 2.31. The third-order valence-corrected chi connectivity index (χ3v) is 3.99. The Morgan fingerprint density at radius 3 is 2.71 bits per heavy atom. The van der Waals surface area contributed by atoms with Crippen molar-refractivity contribution in [2.75, 3.05) is 13.7 Å². The second-order valence-corrected chi connectivity index (χ2v) is 5.73. The molecule has 7 heteroatoms. The highest BCUT2D eigenvalue weighted by atomic mass is 16.5. The Kier molecular flexibility index (Phi) is 4.61. The average molecular weight is 330 g/mol. The topological polar surface area (TPSA) is 92.9 Å². The van der Waals surface area contributed by atoms with Crippen LogP contribution in [0.25, 0.3) is 0 Å². The molecule has 2 aromatic rings. The van der Waals surface area contributed by atoms with Crippen molar-refractivity contribution in [1.82, 2.24) is 9.88 Å². The first-order valence-corrected chi connectivity index (χ1v) is 7.69. The van der Waals surface area contributed by atoms with Crippen LogP contribution in [0, 0.1) is 0 Å². The normalized spacial score (nSPS) is 17.0. The lowest BCUT2D eigenvalue weighted by Gasteiger charge is -2.17. The van der Waals surface area contributed by atoms with Gasteiger partial charge in [-0.25, -0.2) is 9.78 Å². The number of carboxylic acid groups (broad SMARTS) is 1. The molecule has 1 unspecified atom stereocenters. The van der Waals surface area contributed by atoms with Gasteiger partial charge in [-0.3, -0.25) is 4.79 Å². The summed E-state index contributed by atoms with van der Waals surface area (Å²) in [5.74, 6) is -0.753. The van der Waals surface area contributed by atoms with E-state index in [1.807, 2.05) is 0 Å². The SMILES string of the molecule is CN(Cc1ccc(C(=O)O)cc1)C(=O)c1ncoc1C1CCCO1. The van der Waals surface area contributed by atoms with Gasteiger partial charge in [-0.2, -0.15) is 0 Å². The molecule has 0 saturated carbocycles. The number of hydrogen-bond acceptors (Lipinski definition) is 5. The van der Waals surface area contributed by atoms with Crippen molar-refractivity contribution >= 4 is 11.9 Å². The molecule has 1 atom stereocenters. The molecule has 0 spiro atoms. The quantitative estimate of drug-likeness (QED) is 0.905. The van der Waals surface area contributed by atoms with Crippen LogP contribution in [-0.2, 0) is 11.3 Å². The summed E-state index contributed by atoms with van der Waals surface area (Å²) < 4.78 is 10.9. The van der Waals surface area contributed by atoms with Crippen LogP contribution in [0.5, 0.6) is 0 Å². The highest BCUT2D eigenvalue weighted by Gasteiger charge is 2.29. The van der Waals surface area contributed by atoms with Crippen LogP contribution in [0.3, 0.4) is 0 Å². The zero-order valence-corrected chi connectivity index (χ0v) is 13.3. The van der Waals surface area contributed by atoms with Gasteiger partial charge in [-0.1, -0.05) is 12.1 Å². The maximum absolute atomic E-state index is 12.6. The third-order valence-electron chi connectivity index (χ3n) is 3.99. The number of carbonyl (C=O) groups is 2. The van der Waals surface area contributed by atoms with Gasteiger partial charge in [-0.15, -0.1) is 0 Å². The number of aromatic nitrogens is 1. The van der Waals surface area contributed by atoms with E-state index in [-0.39, 0.29) is 23.3 Å². The lowest BCUT2D eigenvalue weighted by atomic mass is 10.1. The smallest absolute Gasteiger partial charge is 0.335 e. The van der Waals surface area contributed by atoms with Gasteiger partial charge in [0.2, 0.25) is 0 Å². The van der Waals surface area contributed by atoms with Crippen molar-refractivity contribution in [3.8, 4) is 0 Å². The fourth-order valence-electron chi connectivity index (χ4n) is 2.71. The maximum atomic E-state index is 12.6. The molecule has 1 saturated heterocycles. The lowest BCUT2D eigenvalue weighted by molar-refractivity contribution is 0.0695. The number of hydrogen-bond donors (Lipinski definition) is 1. The third kappa shape index (κ3) is 3.30. The number of aromatic carboxylic acids is 1. The molecule has 1 amide bonds. The second-order valence-electron chi connectivity index (χ2n) is 5.73. The van der Waals surface area contributed by atoms with Crippen molar-refractivity contribution in [3.63, 3.8) is 0 Å². The Hall–Kier alpha value is -2.67. The van der Waals surface area contributed by atoms with E-state index in [9.17, 15) is 9.59 Å². The van der Waals surface area contributed by atoms with E-state index in [0.29, 0.717) is 18.9 Å². The van der Waals surface area contributed by atoms with Crippen molar-refractivity contribution in [3.05, 3.63) is 53.2 Å². The monoisotopic (exact) mass is 330 g/mol. The molecule has 0 bridgehead atoms. The van der Waals surface area contributed by atoms with E-state index in [0.717, 1.165) is 18.4 Å². The number of carboxylic acids is 1. The standard InChI is InChI=1S/C17H18N2O5/c1-19(9-11-4-6-12(7-5-11)17(21)22)16(20)14-15(24-10-18-14)13-3-2-8-23-13/h4-7,10,13H,2-3,8-9H2,1H3,(H,21,22). The van der Waals surface area contributed by atoms with Crippen LogP contribution >= 0.6 is 0 Å². The number of nitrogens with zero attached hydrogens (tertiary/aromatic N) is 2. The summed E-state index contributed by atoms with van der Waals surface area (Å²) >= 11 is 0. The minimum absolute atomic E-state index is 0.213. The number of carbonyl (C=O) groups excluding carboxylic acids is 1. The van der Waals surface area contributed by atoms with E-state index in [2.05, 4.69) is 4.98 Å². The van der Waals surface area contributed by atoms with Crippen LogP contribution in [0.4, 0.5) is 0 Å². The van der Waals surface area contributed by atoms with Crippen LogP contribution in [0.1, 0.15) is 51.1 Å². The first-order valence-electron chi connectivity index (χ1n) is 7.69. The summed E-state index contributed by atoms with van der Waals surface area (Å²) in [6, 6.07) is 6.42. The van der Waals surface area contributed by atoms with Gasteiger partial charge in [0, 0.05) is 20.2 Å². The number of ether oxygens (including phenoxy) is 1. The zero-order valence-electron chi connectivity index (χ0n) is 13.3. The molecule has 7 nitrogen and oxygen atoms in total. The minimum Gasteiger partial charge on any atom is -0.478 e. The molecular formula is C17H18N2O5. The lowest BCUT2D eigenvalue weighted by Crippen LogP contribution is -2.27. The van der Waals surface area contributed by atoms with Gasteiger partial charge in [0.15, 0.2) is 17.8 Å². The Morgan fingerprint density at radius 2 is 2.08 bits per heavy atom. The van der Waals surface area contributed by atoms with Gasteiger partial charge in [-0.05, 0) is 30.5 Å². The Labute approximate surface area is 138 Å². The summed E-state index contributed by atoms with van der Waals surface area (Å²) in [4.78, 5) is 29.0. The number of benzene rings is 1.